The van der Waals surface area contributed by atoms with E-state index in [1.54, 1.807) is 0 Å². The maximum Gasteiger partial charge on any atom is 0.241 e. The predicted octanol–water partition coefficient (Wildman–Crippen LogP) is 2.96. The average Bonchev–Trinajstić information content (AvgIpc) is 2.41. The Bertz CT molecular complexity index is 461. The van der Waals surface area contributed by atoms with Gasteiger partial charge in [-0.15, -0.1) is 0 Å². The van der Waals surface area contributed by atoms with Gasteiger partial charge in [0.15, 0.2) is 0 Å². The van der Waals surface area contributed by atoms with Gasteiger partial charge in [-0.1, -0.05) is 20.8 Å². The minimum absolute atomic E-state index is 0.0484. The van der Waals surface area contributed by atoms with Crippen LogP contribution in [-0.4, -0.2) is 29.9 Å². The normalized spacial score (nSPS) is 24.5. The van der Waals surface area contributed by atoms with E-state index in [1.165, 1.54) is 6.42 Å². The van der Waals surface area contributed by atoms with Gasteiger partial charge in [0.05, 0.1) is 6.04 Å². The second-order valence-corrected chi connectivity index (χ2v) is 6.44. The van der Waals surface area contributed by atoms with E-state index >= 15 is 0 Å². The van der Waals surface area contributed by atoms with Crippen molar-refractivity contribution < 1.29 is 4.79 Å². The number of rotatable bonds is 4. The molecule has 1 aromatic carbocycles. The van der Waals surface area contributed by atoms with Crippen molar-refractivity contribution in [2.24, 2.45) is 11.8 Å². The number of nitrogen functional groups attached to an aromatic ring is 1. The van der Waals surface area contributed by atoms with Crippen LogP contribution >= 0.6 is 0 Å². The van der Waals surface area contributed by atoms with Crippen LogP contribution in [0.3, 0.4) is 0 Å². The van der Waals surface area contributed by atoms with Gasteiger partial charge in [-0.05, 0) is 48.9 Å². The second kappa shape index (κ2) is 6.94. The molecule has 0 spiro atoms. The predicted molar refractivity (Wildman–Crippen MR) is 88.1 cm³/mol. The molecule has 0 saturated carbocycles. The summed E-state index contributed by atoms with van der Waals surface area (Å²) >= 11 is 0. The number of carbonyl (C=O) groups is 1. The summed E-state index contributed by atoms with van der Waals surface area (Å²) in [7, 11) is 0. The minimum atomic E-state index is -0.0484. The van der Waals surface area contributed by atoms with Crippen LogP contribution in [0.15, 0.2) is 24.3 Å². The largest absolute Gasteiger partial charge is 0.399 e. The lowest BCUT2D eigenvalue weighted by atomic mass is 9.90. The van der Waals surface area contributed by atoms with Gasteiger partial charge in [0.25, 0.3) is 0 Å². The summed E-state index contributed by atoms with van der Waals surface area (Å²) < 4.78 is 0. The van der Waals surface area contributed by atoms with Crippen molar-refractivity contribution in [3.8, 4) is 0 Å². The Balaban J connectivity index is 2.02. The molecule has 1 aliphatic rings. The maximum atomic E-state index is 12.6. The zero-order valence-electron chi connectivity index (χ0n) is 13.3. The zero-order chi connectivity index (χ0) is 15.4. The number of amides is 1. The highest BCUT2D eigenvalue weighted by Crippen LogP contribution is 2.24. The molecule has 4 nitrogen and oxygen atoms in total. The summed E-state index contributed by atoms with van der Waals surface area (Å²) in [6.45, 7) is 8.65. The number of benzene rings is 1. The molecule has 0 aliphatic carbocycles. The molecule has 1 fully saturated rings. The SMILES string of the molecule is CCC(C(=O)Nc1ccc(N)cc1)N1CC(C)CC(C)C1. The van der Waals surface area contributed by atoms with Crippen LogP contribution in [0.25, 0.3) is 0 Å². The highest BCUT2D eigenvalue weighted by Gasteiger charge is 2.30. The second-order valence-electron chi connectivity index (χ2n) is 6.44. The maximum absolute atomic E-state index is 12.6. The van der Waals surface area contributed by atoms with Crippen LogP contribution in [0, 0.1) is 11.8 Å². The van der Waals surface area contributed by atoms with Gasteiger partial charge < -0.3 is 11.1 Å². The monoisotopic (exact) mass is 289 g/mol. The van der Waals surface area contributed by atoms with Crippen LogP contribution in [0.4, 0.5) is 11.4 Å². The molecule has 1 amide bonds. The average molecular weight is 289 g/mol. The Kier molecular flexibility index (Phi) is 5.23. The zero-order valence-corrected chi connectivity index (χ0v) is 13.3. The van der Waals surface area contributed by atoms with Crippen molar-refractivity contribution in [1.82, 2.24) is 4.90 Å². The van der Waals surface area contributed by atoms with Crippen LogP contribution in [0.1, 0.15) is 33.6 Å². The fraction of sp³-hybridized carbons (Fsp3) is 0.588. The molecule has 1 saturated heterocycles. The molecule has 3 N–H and O–H groups in total. The number of hydrogen-bond donors (Lipinski definition) is 2. The molecule has 1 aromatic rings. The lowest BCUT2D eigenvalue weighted by molar-refractivity contribution is -0.122. The lowest BCUT2D eigenvalue weighted by Crippen LogP contribution is -2.50. The van der Waals surface area contributed by atoms with Gasteiger partial charge in [-0.25, -0.2) is 0 Å². The molecular formula is C17H27N3O. The first-order valence-corrected chi connectivity index (χ1v) is 7.90. The van der Waals surface area contributed by atoms with Crippen LogP contribution in [-0.2, 0) is 4.79 Å². The third-order valence-electron chi connectivity index (χ3n) is 4.21. The molecule has 1 aliphatic heterocycles. The first kappa shape index (κ1) is 15.8. The van der Waals surface area contributed by atoms with E-state index in [1.807, 2.05) is 24.3 Å². The molecule has 3 unspecified atom stereocenters. The summed E-state index contributed by atoms with van der Waals surface area (Å²) in [6.07, 6.45) is 2.09. The molecule has 2 rings (SSSR count). The van der Waals surface area contributed by atoms with E-state index in [4.69, 9.17) is 5.73 Å². The topological polar surface area (TPSA) is 58.4 Å². The van der Waals surface area contributed by atoms with Crippen LogP contribution in [0.2, 0.25) is 0 Å². The summed E-state index contributed by atoms with van der Waals surface area (Å²) in [4.78, 5) is 14.9. The number of piperidine rings is 1. The van der Waals surface area contributed by atoms with Crippen molar-refractivity contribution in [3.63, 3.8) is 0 Å². The number of hydrogen-bond acceptors (Lipinski definition) is 3. The van der Waals surface area contributed by atoms with E-state index in [-0.39, 0.29) is 11.9 Å². The van der Waals surface area contributed by atoms with Gasteiger partial charge in [0.1, 0.15) is 0 Å². The van der Waals surface area contributed by atoms with Gasteiger partial charge in [-0.3, -0.25) is 9.69 Å². The van der Waals surface area contributed by atoms with E-state index in [0.717, 1.165) is 25.2 Å². The molecular weight excluding hydrogens is 262 g/mol. The first-order valence-electron chi connectivity index (χ1n) is 7.90. The van der Waals surface area contributed by atoms with E-state index < -0.39 is 0 Å². The number of carbonyl (C=O) groups excluding carboxylic acids is 1. The molecule has 0 radical (unpaired) electrons. The van der Waals surface area contributed by atoms with E-state index in [0.29, 0.717) is 17.5 Å². The molecule has 0 aromatic heterocycles. The Morgan fingerprint density at radius 1 is 1.29 bits per heavy atom. The first-order chi connectivity index (χ1) is 9.99. The Morgan fingerprint density at radius 3 is 2.38 bits per heavy atom. The number of nitrogens with zero attached hydrogens (tertiary/aromatic N) is 1. The van der Waals surface area contributed by atoms with Gasteiger partial charge in [0.2, 0.25) is 5.91 Å². The number of likely N-dealkylation sites (tertiary alicyclic amines) is 1. The Hall–Kier alpha value is -1.55. The van der Waals surface area contributed by atoms with Gasteiger partial charge in [-0.2, -0.15) is 0 Å². The summed E-state index contributed by atoms with van der Waals surface area (Å²) in [6, 6.07) is 7.26. The number of nitrogens with two attached hydrogens (primary N) is 1. The smallest absolute Gasteiger partial charge is 0.241 e. The van der Waals surface area contributed by atoms with Crippen molar-refractivity contribution in [1.29, 1.82) is 0 Å². The number of anilines is 2. The quantitative estimate of drug-likeness (QED) is 0.838. The lowest BCUT2D eigenvalue weighted by Gasteiger charge is -2.39. The molecule has 21 heavy (non-hydrogen) atoms. The molecule has 116 valence electrons. The fourth-order valence-electron chi connectivity index (χ4n) is 3.37. The van der Waals surface area contributed by atoms with Crippen molar-refractivity contribution >= 4 is 17.3 Å². The third kappa shape index (κ3) is 4.21. The highest BCUT2D eigenvalue weighted by atomic mass is 16.2. The fourth-order valence-corrected chi connectivity index (χ4v) is 3.37. The van der Waals surface area contributed by atoms with Crippen LogP contribution < -0.4 is 11.1 Å². The standard InChI is InChI=1S/C17H27N3O/c1-4-16(20-10-12(2)9-13(3)11-20)17(21)19-15-7-5-14(18)6-8-15/h5-8,12-13,16H,4,9-11,18H2,1-3H3,(H,19,21). The molecule has 1 heterocycles. The Labute approximate surface area is 127 Å². The Morgan fingerprint density at radius 2 is 1.86 bits per heavy atom. The van der Waals surface area contributed by atoms with Crippen molar-refractivity contribution in [2.45, 2.75) is 39.7 Å². The van der Waals surface area contributed by atoms with Crippen LogP contribution in [0.5, 0.6) is 0 Å². The molecule has 4 heteroatoms. The third-order valence-corrected chi connectivity index (χ3v) is 4.21. The van der Waals surface area contributed by atoms with Crippen molar-refractivity contribution in [2.75, 3.05) is 24.1 Å². The summed E-state index contributed by atoms with van der Waals surface area (Å²) in [5, 5.41) is 3.01. The van der Waals surface area contributed by atoms with Gasteiger partial charge in [0, 0.05) is 24.5 Å². The molecule has 3 atom stereocenters. The highest BCUT2D eigenvalue weighted by molar-refractivity contribution is 5.94. The molecule has 0 bridgehead atoms. The summed E-state index contributed by atoms with van der Waals surface area (Å²) in [5.41, 5.74) is 7.19. The van der Waals surface area contributed by atoms with Crippen molar-refractivity contribution in [3.05, 3.63) is 24.3 Å². The minimum Gasteiger partial charge on any atom is -0.399 e. The summed E-state index contributed by atoms with van der Waals surface area (Å²) in [5.74, 6) is 1.41. The number of nitrogens with one attached hydrogen (secondary N) is 1. The van der Waals surface area contributed by atoms with E-state index in [2.05, 4.69) is 31.0 Å². The van der Waals surface area contributed by atoms with E-state index in [9.17, 15) is 4.79 Å². The van der Waals surface area contributed by atoms with Gasteiger partial charge >= 0.3 is 0 Å².